The Balaban J connectivity index is 1.77. The van der Waals surface area contributed by atoms with Gasteiger partial charge < -0.3 is 4.98 Å². The fourth-order valence-electron chi connectivity index (χ4n) is 3.87. The van der Waals surface area contributed by atoms with Gasteiger partial charge in [0.1, 0.15) is 5.82 Å². The zero-order chi connectivity index (χ0) is 19.4. The van der Waals surface area contributed by atoms with Crippen molar-refractivity contribution in [1.29, 1.82) is 0 Å². The highest BCUT2D eigenvalue weighted by Gasteiger charge is 2.00. The van der Waals surface area contributed by atoms with E-state index in [-0.39, 0.29) is 0 Å². The number of unbranched alkanes of at least 4 members (excludes halogenated alkanes) is 16. The summed E-state index contributed by atoms with van der Waals surface area (Å²) in [7, 11) is 0. The van der Waals surface area contributed by atoms with Crippen LogP contribution in [0.3, 0.4) is 0 Å². The number of H-pyrrole nitrogens is 1. The summed E-state index contributed by atoms with van der Waals surface area (Å²) in [6, 6.07) is 0. The van der Waals surface area contributed by atoms with Gasteiger partial charge in [-0.1, -0.05) is 117 Å². The van der Waals surface area contributed by atoms with Crippen LogP contribution in [0.25, 0.3) is 0 Å². The van der Waals surface area contributed by atoms with Gasteiger partial charge in [0.05, 0.1) is 0 Å². The van der Waals surface area contributed by atoms with Crippen molar-refractivity contribution in [1.82, 2.24) is 9.97 Å². The molecule has 1 N–H and O–H groups in total. The third-order valence-corrected chi connectivity index (χ3v) is 5.75. The van der Waals surface area contributed by atoms with Crippen LogP contribution in [0.4, 0.5) is 0 Å². The lowest BCUT2D eigenvalue weighted by molar-refractivity contribution is 0.529. The maximum atomic E-state index is 4.52. The fraction of sp³-hybridized carbons (Fsp3) is 0.880. The van der Waals surface area contributed by atoms with E-state index in [4.69, 9.17) is 0 Å². The van der Waals surface area contributed by atoms with Crippen molar-refractivity contribution in [3.05, 3.63) is 17.7 Å². The quantitative estimate of drug-likeness (QED) is 0.227. The maximum Gasteiger partial charge on any atom is 0.106 e. The van der Waals surface area contributed by atoms with Crippen LogP contribution in [0.15, 0.2) is 6.20 Å². The van der Waals surface area contributed by atoms with Crippen LogP contribution < -0.4 is 0 Å². The monoisotopic (exact) mass is 376 g/mol. The molecule has 0 saturated carbocycles. The number of rotatable bonds is 20. The third kappa shape index (κ3) is 14.9. The first-order valence-corrected chi connectivity index (χ1v) is 12.4. The molecule has 0 saturated heterocycles. The van der Waals surface area contributed by atoms with Crippen molar-refractivity contribution in [2.75, 3.05) is 0 Å². The van der Waals surface area contributed by atoms with Gasteiger partial charge in [0.15, 0.2) is 0 Å². The van der Waals surface area contributed by atoms with E-state index >= 15 is 0 Å². The zero-order valence-corrected chi connectivity index (χ0v) is 18.7. The predicted molar refractivity (Wildman–Crippen MR) is 120 cm³/mol. The largest absolute Gasteiger partial charge is 0.346 e. The molecule has 0 fully saturated rings. The van der Waals surface area contributed by atoms with E-state index in [1.165, 1.54) is 127 Å². The first-order chi connectivity index (χ1) is 13.4. The number of aromatic amines is 1. The molecule has 0 aliphatic rings. The molecule has 0 unspecified atom stereocenters. The summed E-state index contributed by atoms with van der Waals surface area (Å²) in [6.07, 6.45) is 29.8. The summed E-state index contributed by atoms with van der Waals surface area (Å²) in [6.45, 7) is 4.54. The molecule has 2 heteroatoms. The Morgan fingerprint density at radius 3 is 1.48 bits per heavy atom. The van der Waals surface area contributed by atoms with Gasteiger partial charge in [0.2, 0.25) is 0 Å². The minimum atomic E-state index is 1.13. The molecular formula is C25H48N2. The first kappa shape index (κ1) is 24.2. The van der Waals surface area contributed by atoms with Crippen LogP contribution in [-0.2, 0) is 12.8 Å². The van der Waals surface area contributed by atoms with Gasteiger partial charge in [-0.25, -0.2) is 4.98 Å². The van der Waals surface area contributed by atoms with Gasteiger partial charge in [-0.05, 0) is 19.3 Å². The molecule has 0 atom stereocenters. The van der Waals surface area contributed by atoms with E-state index in [0.29, 0.717) is 0 Å². The van der Waals surface area contributed by atoms with Crippen molar-refractivity contribution >= 4 is 0 Å². The molecule has 0 bridgehead atoms. The van der Waals surface area contributed by atoms with Crippen LogP contribution >= 0.6 is 0 Å². The molecule has 0 aliphatic heterocycles. The Bertz CT molecular complexity index is 410. The molecule has 0 amide bonds. The second kappa shape index (κ2) is 18.6. The highest BCUT2D eigenvalue weighted by atomic mass is 14.9. The van der Waals surface area contributed by atoms with Crippen LogP contribution in [0.5, 0.6) is 0 Å². The lowest BCUT2D eigenvalue weighted by atomic mass is 10.0. The molecule has 1 rings (SSSR count). The van der Waals surface area contributed by atoms with Crippen molar-refractivity contribution in [3.63, 3.8) is 0 Å². The van der Waals surface area contributed by atoms with E-state index in [1.807, 2.05) is 6.20 Å². The summed E-state index contributed by atoms with van der Waals surface area (Å²) in [5.41, 5.74) is 1.32. The fourth-order valence-corrected chi connectivity index (χ4v) is 3.87. The summed E-state index contributed by atoms with van der Waals surface area (Å²) < 4.78 is 0. The Morgan fingerprint density at radius 1 is 0.556 bits per heavy atom. The highest BCUT2D eigenvalue weighted by molar-refractivity contribution is 5.01. The zero-order valence-electron chi connectivity index (χ0n) is 18.7. The van der Waals surface area contributed by atoms with Gasteiger partial charge >= 0.3 is 0 Å². The molecule has 0 radical (unpaired) electrons. The second-order valence-corrected chi connectivity index (χ2v) is 8.51. The number of imidazole rings is 1. The van der Waals surface area contributed by atoms with E-state index in [9.17, 15) is 0 Å². The summed E-state index contributed by atoms with van der Waals surface area (Å²) in [5, 5.41) is 0. The van der Waals surface area contributed by atoms with Crippen LogP contribution in [-0.4, -0.2) is 9.97 Å². The third-order valence-electron chi connectivity index (χ3n) is 5.75. The molecule has 0 spiro atoms. The van der Waals surface area contributed by atoms with Gasteiger partial charge in [-0.2, -0.15) is 0 Å². The van der Waals surface area contributed by atoms with E-state index < -0.39 is 0 Å². The maximum absolute atomic E-state index is 4.52. The van der Waals surface area contributed by atoms with Crippen LogP contribution in [0.1, 0.15) is 141 Å². The first-order valence-electron chi connectivity index (χ1n) is 12.4. The average molecular weight is 377 g/mol. The number of nitrogens with one attached hydrogen (secondary N) is 1. The average Bonchev–Trinajstić information content (AvgIpc) is 3.13. The van der Waals surface area contributed by atoms with Gasteiger partial charge in [0.25, 0.3) is 0 Å². The molecular weight excluding hydrogens is 328 g/mol. The van der Waals surface area contributed by atoms with Gasteiger partial charge in [-0.3, -0.25) is 0 Å². The standard InChI is InChI=1S/C25H48N2/c1-3-5-7-8-9-10-11-12-13-14-15-16-17-18-19-20-22-25-26-23-24(27-25)21-6-4-2/h23H,3-22H2,1-2H3,(H,26,27). The molecule has 2 nitrogen and oxygen atoms in total. The Morgan fingerprint density at radius 2 is 1.00 bits per heavy atom. The highest BCUT2D eigenvalue weighted by Crippen LogP contribution is 2.14. The molecule has 1 aromatic rings. The molecule has 1 heterocycles. The Labute approximate surface area is 170 Å². The lowest BCUT2D eigenvalue weighted by Crippen LogP contribution is -1.90. The Kier molecular flexibility index (Phi) is 16.7. The van der Waals surface area contributed by atoms with E-state index in [1.54, 1.807) is 0 Å². The topological polar surface area (TPSA) is 28.7 Å². The van der Waals surface area contributed by atoms with Gasteiger partial charge in [0, 0.05) is 18.3 Å². The number of aromatic nitrogens is 2. The van der Waals surface area contributed by atoms with Crippen LogP contribution in [0, 0.1) is 0 Å². The van der Waals surface area contributed by atoms with Crippen molar-refractivity contribution in [3.8, 4) is 0 Å². The predicted octanol–water partition coefficient (Wildman–Crippen LogP) is 8.56. The SMILES string of the molecule is CCCCCCCCCCCCCCCCCCc1ncc(CCCC)[nH]1. The normalized spacial score (nSPS) is 11.3. The van der Waals surface area contributed by atoms with E-state index in [0.717, 1.165) is 12.8 Å². The van der Waals surface area contributed by atoms with Crippen molar-refractivity contribution < 1.29 is 0 Å². The summed E-state index contributed by atoms with van der Waals surface area (Å²) in [5.74, 6) is 1.20. The molecule has 0 aliphatic carbocycles. The minimum Gasteiger partial charge on any atom is -0.346 e. The lowest BCUT2D eigenvalue weighted by Gasteiger charge is -2.03. The van der Waals surface area contributed by atoms with Crippen molar-refractivity contribution in [2.24, 2.45) is 0 Å². The molecule has 158 valence electrons. The smallest absolute Gasteiger partial charge is 0.106 e. The number of hydrogen-bond donors (Lipinski definition) is 1. The van der Waals surface area contributed by atoms with Gasteiger partial charge in [-0.15, -0.1) is 0 Å². The van der Waals surface area contributed by atoms with Crippen LogP contribution in [0.2, 0.25) is 0 Å². The minimum absolute atomic E-state index is 1.13. The summed E-state index contributed by atoms with van der Waals surface area (Å²) >= 11 is 0. The molecule has 1 aromatic heterocycles. The number of aryl methyl sites for hydroxylation is 2. The Hall–Kier alpha value is -0.790. The number of hydrogen-bond acceptors (Lipinski definition) is 1. The van der Waals surface area contributed by atoms with Crippen molar-refractivity contribution in [2.45, 2.75) is 142 Å². The van der Waals surface area contributed by atoms with E-state index in [2.05, 4.69) is 23.8 Å². The number of nitrogens with zero attached hydrogens (tertiary/aromatic N) is 1. The molecule has 0 aromatic carbocycles. The second-order valence-electron chi connectivity index (χ2n) is 8.51. The summed E-state index contributed by atoms with van der Waals surface area (Å²) in [4.78, 5) is 8.01. The molecule has 27 heavy (non-hydrogen) atoms.